The van der Waals surface area contributed by atoms with Crippen LogP contribution in [0.1, 0.15) is 26.7 Å². The molecule has 0 radical (unpaired) electrons. The van der Waals surface area contributed by atoms with Crippen LogP contribution in [-0.2, 0) is 9.53 Å². The lowest BCUT2D eigenvalue weighted by Crippen LogP contribution is -2.36. The molecular weight excluding hydrogens is 368 g/mol. The lowest BCUT2D eigenvalue weighted by molar-refractivity contribution is -0.117. The number of para-hydroxylation sites is 1. The molecule has 140 valence electrons. The fourth-order valence-corrected chi connectivity index (χ4v) is 4.79. The quantitative estimate of drug-likeness (QED) is 0.692. The molecule has 2 atom stereocenters. The van der Waals surface area contributed by atoms with Crippen LogP contribution in [0.3, 0.4) is 0 Å². The van der Waals surface area contributed by atoms with Crippen molar-refractivity contribution in [3.8, 4) is 0 Å². The summed E-state index contributed by atoms with van der Waals surface area (Å²) < 4.78 is 6.39. The summed E-state index contributed by atoms with van der Waals surface area (Å²) in [5, 5.41) is 12.2. The van der Waals surface area contributed by atoms with Gasteiger partial charge in [0, 0.05) is 25.4 Å². The van der Waals surface area contributed by atoms with Crippen molar-refractivity contribution in [3.63, 3.8) is 0 Å². The van der Waals surface area contributed by atoms with Gasteiger partial charge in [0.15, 0.2) is 4.34 Å². The van der Waals surface area contributed by atoms with E-state index in [1.165, 1.54) is 23.1 Å². The molecule has 0 aliphatic carbocycles. The standard InChI is InChI=1S/C18H24N4O2S2/c1-3-22(14-8-5-4-6-9-14)16(23)13(2)25-18-21-20-17(26-18)19-12-15-10-7-11-24-15/h4-6,8-9,13,15H,3,7,10-12H2,1-2H3,(H,19,20). The molecule has 1 fully saturated rings. The second-order valence-electron chi connectivity index (χ2n) is 6.07. The van der Waals surface area contributed by atoms with Gasteiger partial charge in [-0.3, -0.25) is 4.79 Å². The average Bonchev–Trinajstić information content (AvgIpc) is 3.33. The van der Waals surface area contributed by atoms with Gasteiger partial charge in [-0.1, -0.05) is 41.3 Å². The SMILES string of the molecule is CCN(C(=O)C(C)Sc1nnc(NCC2CCCO2)s1)c1ccccc1. The minimum absolute atomic E-state index is 0.0766. The van der Waals surface area contributed by atoms with Crippen LogP contribution in [0, 0.1) is 0 Å². The summed E-state index contributed by atoms with van der Waals surface area (Å²) in [5.74, 6) is 0.0766. The number of hydrogen-bond donors (Lipinski definition) is 1. The van der Waals surface area contributed by atoms with Crippen molar-refractivity contribution in [2.75, 3.05) is 29.9 Å². The van der Waals surface area contributed by atoms with E-state index >= 15 is 0 Å². The van der Waals surface area contributed by atoms with E-state index in [9.17, 15) is 4.79 Å². The highest BCUT2D eigenvalue weighted by atomic mass is 32.2. The van der Waals surface area contributed by atoms with E-state index < -0.39 is 0 Å². The Hall–Kier alpha value is -1.64. The van der Waals surface area contributed by atoms with Crippen molar-refractivity contribution >= 4 is 39.8 Å². The summed E-state index contributed by atoms with van der Waals surface area (Å²) in [7, 11) is 0. The molecule has 0 bridgehead atoms. The van der Waals surface area contributed by atoms with E-state index in [1.54, 1.807) is 4.90 Å². The highest BCUT2D eigenvalue weighted by Crippen LogP contribution is 2.30. The van der Waals surface area contributed by atoms with Crippen LogP contribution in [0.4, 0.5) is 10.8 Å². The van der Waals surface area contributed by atoms with Gasteiger partial charge in [-0.15, -0.1) is 10.2 Å². The normalized spacial score (nSPS) is 17.8. The number of anilines is 2. The van der Waals surface area contributed by atoms with E-state index in [0.29, 0.717) is 6.54 Å². The van der Waals surface area contributed by atoms with Crippen LogP contribution in [0.2, 0.25) is 0 Å². The zero-order valence-corrected chi connectivity index (χ0v) is 16.7. The minimum Gasteiger partial charge on any atom is -0.376 e. The van der Waals surface area contributed by atoms with Gasteiger partial charge in [0.2, 0.25) is 11.0 Å². The Morgan fingerprint density at radius 1 is 1.42 bits per heavy atom. The van der Waals surface area contributed by atoms with Crippen LogP contribution in [-0.4, -0.2) is 47.2 Å². The zero-order chi connectivity index (χ0) is 18.4. The van der Waals surface area contributed by atoms with Crippen molar-refractivity contribution < 1.29 is 9.53 Å². The number of nitrogens with one attached hydrogen (secondary N) is 1. The van der Waals surface area contributed by atoms with Crippen LogP contribution in [0.15, 0.2) is 34.7 Å². The number of amides is 1. The molecule has 1 aromatic heterocycles. The van der Waals surface area contributed by atoms with Gasteiger partial charge in [0.05, 0.1) is 11.4 Å². The van der Waals surface area contributed by atoms with E-state index in [4.69, 9.17) is 4.74 Å². The second-order valence-corrected chi connectivity index (χ2v) is 8.63. The largest absolute Gasteiger partial charge is 0.376 e. The molecule has 1 aliphatic rings. The van der Waals surface area contributed by atoms with Crippen molar-refractivity contribution in [2.45, 2.75) is 42.4 Å². The van der Waals surface area contributed by atoms with E-state index in [1.807, 2.05) is 44.2 Å². The summed E-state index contributed by atoms with van der Waals surface area (Å²) >= 11 is 2.93. The number of aromatic nitrogens is 2. The third-order valence-corrected chi connectivity index (χ3v) is 6.24. The first-order chi connectivity index (χ1) is 12.7. The molecule has 0 saturated carbocycles. The molecule has 3 rings (SSSR count). The Morgan fingerprint density at radius 3 is 2.92 bits per heavy atom. The smallest absolute Gasteiger partial charge is 0.240 e. The first kappa shape index (κ1) is 19.1. The van der Waals surface area contributed by atoms with Crippen molar-refractivity contribution in [2.24, 2.45) is 0 Å². The first-order valence-electron chi connectivity index (χ1n) is 8.89. The highest BCUT2D eigenvalue weighted by Gasteiger charge is 2.23. The number of carbonyl (C=O) groups is 1. The number of ether oxygens (including phenoxy) is 1. The molecule has 1 aromatic carbocycles. The maximum Gasteiger partial charge on any atom is 0.240 e. The molecule has 2 unspecified atom stereocenters. The summed E-state index contributed by atoms with van der Waals surface area (Å²) in [4.78, 5) is 14.6. The van der Waals surface area contributed by atoms with Gasteiger partial charge in [-0.25, -0.2) is 0 Å². The Kier molecular flexibility index (Phi) is 6.87. The van der Waals surface area contributed by atoms with Crippen LogP contribution >= 0.6 is 23.1 Å². The Bertz CT molecular complexity index is 704. The predicted molar refractivity (Wildman–Crippen MR) is 107 cm³/mol. The number of thioether (sulfide) groups is 1. The first-order valence-corrected chi connectivity index (χ1v) is 10.6. The number of carbonyl (C=O) groups excluding carboxylic acids is 1. The molecule has 0 spiro atoms. The van der Waals surface area contributed by atoms with Gasteiger partial charge in [0.1, 0.15) is 0 Å². The molecule has 1 amide bonds. The molecule has 8 heteroatoms. The van der Waals surface area contributed by atoms with Crippen molar-refractivity contribution in [3.05, 3.63) is 30.3 Å². The Labute approximate surface area is 162 Å². The van der Waals surface area contributed by atoms with E-state index in [0.717, 1.165) is 41.2 Å². The lowest BCUT2D eigenvalue weighted by atomic mass is 10.2. The minimum atomic E-state index is -0.228. The molecule has 2 aromatic rings. The third-order valence-electron chi connectivity index (χ3n) is 4.19. The van der Waals surface area contributed by atoms with Crippen molar-refractivity contribution in [1.82, 2.24) is 10.2 Å². The van der Waals surface area contributed by atoms with Crippen LogP contribution in [0.25, 0.3) is 0 Å². The summed E-state index contributed by atoms with van der Waals surface area (Å²) in [6.45, 7) is 6.14. The maximum absolute atomic E-state index is 12.8. The second kappa shape index (κ2) is 9.34. The Balaban J connectivity index is 1.55. The summed E-state index contributed by atoms with van der Waals surface area (Å²) in [6.07, 6.45) is 2.48. The molecule has 2 heterocycles. The molecule has 1 N–H and O–H groups in total. The van der Waals surface area contributed by atoms with E-state index in [-0.39, 0.29) is 17.3 Å². The monoisotopic (exact) mass is 392 g/mol. The van der Waals surface area contributed by atoms with Gasteiger partial charge >= 0.3 is 0 Å². The topological polar surface area (TPSA) is 67.4 Å². The van der Waals surface area contributed by atoms with Gasteiger partial charge in [-0.05, 0) is 38.8 Å². The molecular formula is C18H24N4O2S2. The maximum atomic E-state index is 12.8. The Morgan fingerprint density at radius 2 is 2.23 bits per heavy atom. The average molecular weight is 393 g/mol. The summed E-state index contributed by atoms with van der Waals surface area (Å²) in [5.41, 5.74) is 0.920. The fourth-order valence-electron chi connectivity index (χ4n) is 2.83. The van der Waals surface area contributed by atoms with Gasteiger partial charge < -0.3 is 15.0 Å². The third kappa shape index (κ3) is 4.96. The zero-order valence-electron chi connectivity index (χ0n) is 15.1. The number of nitrogens with zero attached hydrogens (tertiary/aromatic N) is 3. The fraction of sp³-hybridized carbons (Fsp3) is 0.500. The lowest BCUT2D eigenvalue weighted by Gasteiger charge is -2.23. The summed E-state index contributed by atoms with van der Waals surface area (Å²) in [6, 6.07) is 9.75. The molecule has 6 nitrogen and oxygen atoms in total. The van der Waals surface area contributed by atoms with Crippen LogP contribution in [0.5, 0.6) is 0 Å². The van der Waals surface area contributed by atoms with Crippen LogP contribution < -0.4 is 10.2 Å². The van der Waals surface area contributed by atoms with Gasteiger partial charge in [-0.2, -0.15) is 0 Å². The molecule has 26 heavy (non-hydrogen) atoms. The van der Waals surface area contributed by atoms with Gasteiger partial charge in [0.25, 0.3) is 0 Å². The van der Waals surface area contributed by atoms with Crippen molar-refractivity contribution in [1.29, 1.82) is 0 Å². The van der Waals surface area contributed by atoms with E-state index in [2.05, 4.69) is 15.5 Å². The number of benzene rings is 1. The molecule has 1 aliphatic heterocycles. The predicted octanol–water partition coefficient (Wildman–Crippen LogP) is 3.66. The number of rotatable bonds is 8. The number of hydrogen-bond acceptors (Lipinski definition) is 7. The highest BCUT2D eigenvalue weighted by molar-refractivity contribution is 8.02. The molecule has 1 saturated heterocycles.